The minimum Gasteiger partial charge on any atom is -0.444 e. The second-order valence-electron chi connectivity index (χ2n) is 7.40. The molecule has 0 aliphatic carbocycles. The number of carbonyl (C=O) groups is 1. The summed E-state index contributed by atoms with van der Waals surface area (Å²) in [6, 6.07) is 4.27. The lowest BCUT2D eigenvalue weighted by Gasteiger charge is -2.34. The van der Waals surface area contributed by atoms with Gasteiger partial charge in [-0.2, -0.15) is 0 Å². The Morgan fingerprint density at radius 1 is 1.40 bits per heavy atom. The highest BCUT2D eigenvalue weighted by molar-refractivity contribution is 14.2. The van der Waals surface area contributed by atoms with E-state index in [1.807, 2.05) is 25.7 Å². The lowest BCUT2D eigenvalue weighted by atomic mass is 9.86. The van der Waals surface area contributed by atoms with Gasteiger partial charge in [-0.15, -0.1) is 0 Å². The number of nitrogens with one attached hydrogen (secondary N) is 2. The Morgan fingerprint density at radius 3 is 2.56 bits per heavy atom. The number of benzene rings is 1. The summed E-state index contributed by atoms with van der Waals surface area (Å²) >= 11 is 2.30. The van der Waals surface area contributed by atoms with Crippen molar-refractivity contribution in [3.05, 3.63) is 28.8 Å². The van der Waals surface area contributed by atoms with Crippen molar-refractivity contribution in [1.29, 1.82) is 5.41 Å². The molecule has 0 radical (unpaired) electrons. The maximum absolute atomic E-state index is 12.2. The number of aryl methyl sites for hydroxylation is 1. The highest BCUT2D eigenvalue weighted by Gasteiger charge is 2.28. The Bertz CT molecular complexity index is 638. The zero-order valence-electron chi connectivity index (χ0n) is 15.3. The molecule has 1 aromatic carbocycles. The summed E-state index contributed by atoms with van der Waals surface area (Å²) in [4.78, 5) is 14.0. The first-order valence-corrected chi connectivity index (χ1v) is 12.6. The Balaban J connectivity index is 2.09. The quantitative estimate of drug-likeness (QED) is 0.345. The summed E-state index contributed by atoms with van der Waals surface area (Å²) in [6.07, 6.45) is 3.64. The fraction of sp³-hybridized carbons (Fsp3) is 0.556. The van der Waals surface area contributed by atoms with Gasteiger partial charge in [0.1, 0.15) is 5.60 Å². The maximum atomic E-state index is 12.2. The number of anilines is 1. The molecule has 1 unspecified atom stereocenters. The minimum atomic E-state index is -0.451. The van der Waals surface area contributed by atoms with E-state index in [1.54, 1.807) is 0 Å². The summed E-state index contributed by atoms with van der Waals surface area (Å²) in [5.41, 5.74) is 4.05. The van der Waals surface area contributed by atoms with Crippen molar-refractivity contribution in [1.82, 2.24) is 4.90 Å². The molecule has 1 amide bonds. The number of rotatable bonds is 4. The topological polar surface area (TPSA) is 65.4 Å². The maximum Gasteiger partial charge on any atom is 0.410 e. The Labute approximate surface area is 165 Å². The lowest BCUT2D eigenvalue weighted by Crippen LogP contribution is -2.41. The third-order valence-corrected chi connectivity index (χ3v) is 5.53. The molecule has 138 valence electrons. The van der Waals surface area contributed by atoms with Crippen LogP contribution in [0, 0.1) is 12.3 Å². The van der Waals surface area contributed by atoms with Crippen LogP contribution in [0.15, 0.2) is 12.1 Å². The van der Waals surface area contributed by atoms with E-state index in [0.717, 1.165) is 37.2 Å². The molecule has 0 bridgehead atoms. The average molecular weight is 475 g/mol. The van der Waals surface area contributed by atoms with Crippen molar-refractivity contribution < 1.29 is 9.53 Å². The van der Waals surface area contributed by atoms with E-state index in [4.69, 9.17) is 10.1 Å². The van der Waals surface area contributed by atoms with Crippen molar-refractivity contribution in [2.75, 3.05) is 18.2 Å². The monoisotopic (exact) mass is 475 g/mol. The SMILES string of the molecule is Cc1cc(C=N)c(NPI)cc1C1CCN(C(=O)OC(C)(C)C)CC1. The zero-order valence-corrected chi connectivity index (χ0v) is 18.4. The molecule has 25 heavy (non-hydrogen) atoms. The number of amides is 1. The minimum absolute atomic E-state index is 0.213. The van der Waals surface area contributed by atoms with Crippen LogP contribution in [0.1, 0.15) is 56.2 Å². The van der Waals surface area contributed by atoms with Gasteiger partial charge in [0.05, 0.1) is 0 Å². The van der Waals surface area contributed by atoms with E-state index in [9.17, 15) is 4.79 Å². The molecule has 2 rings (SSSR count). The van der Waals surface area contributed by atoms with Gasteiger partial charge in [-0.1, -0.05) is 0 Å². The Morgan fingerprint density at radius 2 is 2.04 bits per heavy atom. The van der Waals surface area contributed by atoms with Gasteiger partial charge in [-0.3, -0.25) is 0 Å². The standard InChI is InChI=1S/C18H27IN3O2P/c1-12-9-14(11-20)16(21-25-19)10-15(12)13-5-7-22(8-6-13)17(23)24-18(2,3)4/h9-11,13,20-21,25H,5-8H2,1-4H3. The molecule has 1 aromatic rings. The number of likely N-dealkylation sites (tertiary alicyclic amines) is 1. The molecule has 0 aromatic heterocycles. The van der Waals surface area contributed by atoms with Crippen molar-refractivity contribution in [3.63, 3.8) is 0 Å². The number of halogens is 1. The molecule has 1 fully saturated rings. The van der Waals surface area contributed by atoms with Gasteiger partial charge in [0, 0.05) is 36.9 Å². The van der Waals surface area contributed by atoms with Crippen LogP contribution in [0.25, 0.3) is 0 Å². The predicted octanol–water partition coefficient (Wildman–Crippen LogP) is 5.46. The number of hydrogen-bond acceptors (Lipinski definition) is 4. The van der Waals surface area contributed by atoms with Crippen LogP contribution in [0.5, 0.6) is 0 Å². The molecule has 1 aliphatic rings. The number of hydrogen-bond donors (Lipinski definition) is 2. The van der Waals surface area contributed by atoms with Crippen LogP contribution < -0.4 is 5.09 Å². The Hall–Kier alpha value is -0.880. The molecular formula is C18H27IN3O2P. The first-order chi connectivity index (χ1) is 11.7. The molecule has 1 heterocycles. The number of piperidine rings is 1. The van der Waals surface area contributed by atoms with E-state index >= 15 is 0 Å². The Kier molecular flexibility index (Phi) is 7.09. The van der Waals surface area contributed by atoms with Crippen molar-refractivity contribution in [3.8, 4) is 0 Å². The van der Waals surface area contributed by atoms with Crippen LogP contribution in [0.4, 0.5) is 10.5 Å². The van der Waals surface area contributed by atoms with Crippen molar-refractivity contribution >= 4 is 46.4 Å². The average Bonchev–Trinajstić information content (AvgIpc) is 2.55. The summed E-state index contributed by atoms with van der Waals surface area (Å²) < 4.78 is 5.48. The molecule has 0 saturated carbocycles. The van der Waals surface area contributed by atoms with Gasteiger partial charge in [-0.25, -0.2) is 4.79 Å². The number of nitrogens with zero attached hydrogens (tertiary/aromatic N) is 1. The fourth-order valence-corrected chi connectivity index (χ4v) is 4.35. The highest BCUT2D eigenvalue weighted by atomic mass is 127. The number of ether oxygens (including phenoxy) is 1. The normalized spacial score (nSPS) is 16.3. The highest BCUT2D eigenvalue weighted by Crippen LogP contribution is 2.35. The van der Waals surface area contributed by atoms with Crippen LogP contribution >= 0.6 is 28.4 Å². The zero-order chi connectivity index (χ0) is 18.6. The molecule has 0 spiro atoms. The second kappa shape index (κ2) is 8.67. The van der Waals surface area contributed by atoms with Crippen LogP contribution in [0.3, 0.4) is 0 Å². The van der Waals surface area contributed by atoms with Crippen LogP contribution in [-0.4, -0.2) is 35.9 Å². The molecule has 1 atom stereocenters. The van der Waals surface area contributed by atoms with Gasteiger partial charge in [0.15, 0.2) is 0 Å². The fourth-order valence-electron chi connectivity index (χ4n) is 3.16. The van der Waals surface area contributed by atoms with Crippen LogP contribution in [-0.2, 0) is 4.74 Å². The summed E-state index contributed by atoms with van der Waals surface area (Å²) in [7, 11) is 0. The van der Waals surface area contributed by atoms with E-state index in [-0.39, 0.29) is 6.09 Å². The van der Waals surface area contributed by atoms with Gasteiger partial charge in [0.25, 0.3) is 0 Å². The van der Waals surface area contributed by atoms with Crippen molar-refractivity contribution in [2.24, 2.45) is 0 Å². The third kappa shape index (κ3) is 5.55. The van der Waals surface area contributed by atoms with Gasteiger partial charge >= 0.3 is 6.09 Å². The van der Waals surface area contributed by atoms with Gasteiger partial charge in [0.2, 0.25) is 0 Å². The largest absolute Gasteiger partial charge is 0.444 e. The van der Waals surface area contributed by atoms with Gasteiger partial charge in [-0.05, 0) is 91.8 Å². The summed E-state index contributed by atoms with van der Waals surface area (Å²) in [5.74, 6) is 0.441. The third-order valence-electron chi connectivity index (χ3n) is 4.36. The first-order valence-electron chi connectivity index (χ1n) is 8.49. The molecule has 7 heteroatoms. The predicted molar refractivity (Wildman–Crippen MR) is 115 cm³/mol. The van der Waals surface area contributed by atoms with Gasteiger partial charge < -0.3 is 20.1 Å². The molecular weight excluding hydrogens is 448 g/mol. The first kappa shape index (κ1) is 20.4. The summed E-state index contributed by atoms with van der Waals surface area (Å²) in [6.45, 7) is 9.25. The van der Waals surface area contributed by atoms with Crippen molar-refractivity contribution in [2.45, 2.75) is 52.1 Å². The smallest absolute Gasteiger partial charge is 0.410 e. The van der Waals surface area contributed by atoms with E-state index < -0.39 is 5.60 Å². The van der Waals surface area contributed by atoms with E-state index in [0.29, 0.717) is 12.3 Å². The lowest BCUT2D eigenvalue weighted by molar-refractivity contribution is 0.0205. The van der Waals surface area contributed by atoms with E-state index in [2.05, 4.69) is 46.2 Å². The van der Waals surface area contributed by atoms with E-state index in [1.165, 1.54) is 17.3 Å². The molecule has 2 N–H and O–H groups in total. The molecule has 1 aliphatic heterocycles. The number of carbonyl (C=O) groups excluding carboxylic acids is 1. The molecule has 1 saturated heterocycles. The van der Waals surface area contributed by atoms with Crippen LogP contribution in [0.2, 0.25) is 0 Å². The summed E-state index contributed by atoms with van der Waals surface area (Å²) in [5, 5.41) is 11.0. The second-order valence-corrected chi connectivity index (χ2v) is 9.46. The molecule has 5 nitrogen and oxygen atoms in total.